The molecular formula is C17H22ClNO2. The van der Waals surface area contributed by atoms with Gasteiger partial charge in [-0.1, -0.05) is 18.0 Å². The van der Waals surface area contributed by atoms with Crippen LogP contribution in [0.1, 0.15) is 37.7 Å². The van der Waals surface area contributed by atoms with Crippen LogP contribution in [0.3, 0.4) is 0 Å². The molecule has 3 atom stereocenters. The van der Waals surface area contributed by atoms with Crippen molar-refractivity contribution < 1.29 is 9.53 Å². The van der Waals surface area contributed by atoms with Gasteiger partial charge >= 0.3 is 0 Å². The maximum absolute atomic E-state index is 12.3. The Morgan fingerprint density at radius 1 is 1.38 bits per heavy atom. The number of rotatable bonds is 4. The van der Waals surface area contributed by atoms with Gasteiger partial charge in [0.25, 0.3) is 0 Å². The molecule has 3 rings (SSSR count). The Bertz CT molecular complexity index is 558. The van der Waals surface area contributed by atoms with E-state index in [1.165, 1.54) is 25.7 Å². The molecular weight excluding hydrogens is 286 g/mol. The van der Waals surface area contributed by atoms with Crippen molar-refractivity contribution in [2.45, 2.75) is 39.0 Å². The summed E-state index contributed by atoms with van der Waals surface area (Å²) >= 11 is 6.09. The van der Waals surface area contributed by atoms with Crippen LogP contribution in [0.25, 0.3) is 0 Å². The molecule has 4 heteroatoms. The predicted octanol–water partition coefficient (Wildman–Crippen LogP) is 4.42. The fourth-order valence-corrected chi connectivity index (χ4v) is 4.15. The molecule has 114 valence electrons. The third-order valence-corrected chi connectivity index (χ3v) is 5.49. The molecule has 1 amide bonds. The van der Waals surface area contributed by atoms with E-state index in [4.69, 9.17) is 16.3 Å². The van der Waals surface area contributed by atoms with Gasteiger partial charge in [0, 0.05) is 17.5 Å². The Kier molecular flexibility index (Phi) is 4.12. The number of ether oxygens (including phenoxy) is 1. The maximum atomic E-state index is 12.3. The first-order chi connectivity index (χ1) is 10.1. The fraction of sp³-hybridized carbons (Fsp3) is 0.588. The van der Waals surface area contributed by atoms with E-state index >= 15 is 0 Å². The SMILES string of the molecule is COc1cc(Cl)c(C)cc1NC(=O)C[C@@H]1C[C@H]2CC[C@@H]1C2. The molecule has 2 saturated carbocycles. The van der Waals surface area contributed by atoms with Crippen molar-refractivity contribution in [1.29, 1.82) is 0 Å². The van der Waals surface area contributed by atoms with Crippen molar-refractivity contribution >= 4 is 23.2 Å². The van der Waals surface area contributed by atoms with Crippen molar-refractivity contribution in [1.82, 2.24) is 0 Å². The quantitative estimate of drug-likeness (QED) is 0.894. The van der Waals surface area contributed by atoms with Gasteiger partial charge in [-0.25, -0.2) is 0 Å². The number of amides is 1. The zero-order chi connectivity index (χ0) is 15.0. The lowest BCUT2D eigenvalue weighted by Crippen LogP contribution is -2.20. The number of benzene rings is 1. The van der Waals surface area contributed by atoms with E-state index < -0.39 is 0 Å². The normalized spacial score (nSPS) is 26.9. The van der Waals surface area contributed by atoms with E-state index in [1.807, 2.05) is 13.0 Å². The lowest BCUT2D eigenvalue weighted by molar-refractivity contribution is -0.117. The van der Waals surface area contributed by atoms with E-state index in [-0.39, 0.29) is 5.91 Å². The Morgan fingerprint density at radius 2 is 2.19 bits per heavy atom. The van der Waals surface area contributed by atoms with E-state index in [0.717, 1.165) is 17.4 Å². The Hall–Kier alpha value is -1.22. The Morgan fingerprint density at radius 3 is 2.81 bits per heavy atom. The molecule has 2 fully saturated rings. The summed E-state index contributed by atoms with van der Waals surface area (Å²) in [6.45, 7) is 1.92. The maximum Gasteiger partial charge on any atom is 0.224 e. The minimum Gasteiger partial charge on any atom is -0.495 e. The van der Waals surface area contributed by atoms with Gasteiger partial charge in [-0.3, -0.25) is 4.79 Å². The molecule has 2 aliphatic rings. The van der Waals surface area contributed by atoms with Crippen molar-refractivity contribution in [3.63, 3.8) is 0 Å². The molecule has 3 nitrogen and oxygen atoms in total. The molecule has 0 unspecified atom stereocenters. The minimum absolute atomic E-state index is 0.0903. The Balaban J connectivity index is 1.66. The summed E-state index contributed by atoms with van der Waals surface area (Å²) in [6.07, 6.45) is 5.88. The highest BCUT2D eigenvalue weighted by atomic mass is 35.5. The second-order valence-corrected chi connectivity index (χ2v) is 6.90. The van der Waals surface area contributed by atoms with Gasteiger partial charge in [0.15, 0.2) is 0 Å². The van der Waals surface area contributed by atoms with Crippen LogP contribution >= 0.6 is 11.6 Å². The second kappa shape index (κ2) is 5.88. The number of fused-ring (bicyclic) bond motifs is 2. The van der Waals surface area contributed by atoms with Crippen molar-refractivity contribution in [3.8, 4) is 5.75 Å². The highest BCUT2D eigenvalue weighted by Gasteiger charge is 2.40. The third kappa shape index (κ3) is 3.03. The molecule has 0 aliphatic heterocycles. The number of hydrogen-bond donors (Lipinski definition) is 1. The van der Waals surface area contributed by atoms with Crippen LogP contribution in [-0.4, -0.2) is 13.0 Å². The first-order valence-electron chi connectivity index (χ1n) is 7.70. The number of methoxy groups -OCH3 is 1. The number of aryl methyl sites for hydroxylation is 1. The minimum atomic E-state index is 0.0903. The van der Waals surface area contributed by atoms with Crippen LogP contribution in [0.4, 0.5) is 5.69 Å². The van der Waals surface area contributed by atoms with Gasteiger partial charge in [-0.05, 0) is 55.6 Å². The van der Waals surface area contributed by atoms with E-state index in [0.29, 0.717) is 28.8 Å². The van der Waals surface area contributed by atoms with Gasteiger partial charge < -0.3 is 10.1 Å². The topological polar surface area (TPSA) is 38.3 Å². The molecule has 21 heavy (non-hydrogen) atoms. The highest BCUT2D eigenvalue weighted by molar-refractivity contribution is 6.31. The molecule has 0 radical (unpaired) electrons. The number of carbonyl (C=O) groups is 1. The zero-order valence-electron chi connectivity index (χ0n) is 12.6. The van der Waals surface area contributed by atoms with Crippen LogP contribution in [0.2, 0.25) is 5.02 Å². The first kappa shape index (κ1) is 14.7. The van der Waals surface area contributed by atoms with Crippen LogP contribution in [-0.2, 0) is 4.79 Å². The molecule has 0 aromatic heterocycles. The monoisotopic (exact) mass is 307 g/mol. The second-order valence-electron chi connectivity index (χ2n) is 6.49. The van der Waals surface area contributed by atoms with Gasteiger partial charge in [0.05, 0.1) is 12.8 Å². The Labute approximate surface area is 131 Å². The largest absolute Gasteiger partial charge is 0.495 e. The summed E-state index contributed by atoms with van der Waals surface area (Å²) in [6, 6.07) is 3.63. The predicted molar refractivity (Wildman–Crippen MR) is 84.9 cm³/mol. The first-order valence-corrected chi connectivity index (χ1v) is 8.08. The summed E-state index contributed by atoms with van der Waals surface area (Å²) in [7, 11) is 1.59. The summed E-state index contributed by atoms with van der Waals surface area (Å²) in [5.74, 6) is 2.93. The van der Waals surface area contributed by atoms with Crippen LogP contribution in [0.5, 0.6) is 5.75 Å². The number of hydrogen-bond acceptors (Lipinski definition) is 2. The highest BCUT2D eigenvalue weighted by Crippen LogP contribution is 2.49. The summed E-state index contributed by atoms with van der Waals surface area (Å²) in [4.78, 5) is 12.3. The molecule has 0 spiro atoms. The fourth-order valence-electron chi connectivity index (χ4n) is 4.00. The molecule has 2 bridgehead atoms. The number of anilines is 1. The standard InChI is InChI=1S/C17H22ClNO2/c1-10-5-15(16(21-2)9-14(10)18)19-17(20)8-13-7-11-3-4-12(13)6-11/h5,9,11-13H,3-4,6-8H2,1-2H3,(H,19,20)/t11-,12+,13-/m0/s1. The van der Waals surface area contributed by atoms with Gasteiger partial charge in [-0.15, -0.1) is 0 Å². The van der Waals surface area contributed by atoms with Crippen molar-refractivity contribution in [2.24, 2.45) is 17.8 Å². The van der Waals surface area contributed by atoms with E-state index in [2.05, 4.69) is 5.32 Å². The van der Waals surface area contributed by atoms with E-state index in [9.17, 15) is 4.79 Å². The average Bonchev–Trinajstić information content (AvgIpc) is 3.05. The van der Waals surface area contributed by atoms with Crippen LogP contribution < -0.4 is 10.1 Å². The summed E-state index contributed by atoms with van der Waals surface area (Å²) in [5, 5.41) is 3.64. The summed E-state index contributed by atoms with van der Waals surface area (Å²) in [5.41, 5.74) is 1.65. The van der Waals surface area contributed by atoms with Crippen LogP contribution in [0, 0.1) is 24.7 Å². The molecule has 0 heterocycles. The average molecular weight is 308 g/mol. The lowest BCUT2D eigenvalue weighted by atomic mass is 9.86. The van der Waals surface area contributed by atoms with Gasteiger partial charge in [0.1, 0.15) is 5.75 Å². The molecule has 0 saturated heterocycles. The summed E-state index contributed by atoms with van der Waals surface area (Å²) < 4.78 is 5.30. The van der Waals surface area contributed by atoms with E-state index in [1.54, 1.807) is 13.2 Å². The lowest BCUT2D eigenvalue weighted by Gasteiger charge is -2.21. The smallest absolute Gasteiger partial charge is 0.224 e. The third-order valence-electron chi connectivity index (χ3n) is 5.09. The number of halogens is 1. The van der Waals surface area contributed by atoms with Crippen LogP contribution in [0.15, 0.2) is 12.1 Å². The number of carbonyl (C=O) groups excluding carboxylic acids is 1. The molecule has 2 aliphatic carbocycles. The number of nitrogens with one attached hydrogen (secondary N) is 1. The molecule has 1 aromatic carbocycles. The van der Waals surface area contributed by atoms with Crippen molar-refractivity contribution in [2.75, 3.05) is 12.4 Å². The van der Waals surface area contributed by atoms with Crippen molar-refractivity contribution in [3.05, 3.63) is 22.7 Å². The zero-order valence-corrected chi connectivity index (χ0v) is 13.4. The van der Waals surface area contributed by atoms with Gasteiger partial charge in [0.2, 0.25) is 5.91 Å². The molecule has 1 aromatic rings. The molecule has 1 N–H and O–H groups in total. The van der Waals surface area contributed by atoms with Gasteiger partial charge in [-0.2, -0.15) is 0 Å².